The standard InChI is InChI=1S/C13H13ClN2/c1-10-12(13(14)16(2)15-10)9-8-11-6-4-3-5-7-11/h3-9H,1-2H3/b9-8+. The van der Waals surface area contributed by atoms with Crippen molar-refractivity contribution in [1.29, 1.82) is 0 Å². The van der Waals surface area contributed by atoms with Crippen molar-refractivity contribution in [2.75, 3.05) is 0 Å². The zero-order chi connectivity index (χ0) is 11.5. The van der Waals surface area contributed by atoms with E-state index >= 15 is 0 Å². The third kappa shape index (κ3) is 2.17. The highest BCUT2D eigenvalue weighted by Crippen LogP contribution is 2.21. The Morgan fingerprint density at radius 1 is 1.19 bits per heavy atom. The Hall–Kier alpha value is -1.54. The zero-order valence-corrected chi connectivity index (χ0v) is 10.1. The Labute approximate surface area is 100 Å². The number of aromatic nitrogens is 2. The highest BCUT2D eigenvalue weighted by molar-refractivity contribution is 6.31. The third-order valence-corrected chi connectivity index (χ3v) is 2.89. The first-order valence-electron chi connectivity index (χ1n) is 5.10. The Morgan fingerprint density at radius 3 is 2.44 bits per heavy atom. The minimum absolute atomic E-state index is 0.671. The molecule has 2 aromatic rings. The molecule has 0 amide bonds. The number of hydrogen-bond donors (Lipinski definition) is 0. The first-order chi connectivity index (χ1) is 7.68. The maximum Gasteiger partial charge on any atom is 0.134 e. The van der Waals surface area contributed by atoms with Gasteiger partial charge in [0, 0.05) is 12.6 Å². The van der Waals surface area contributed by atoms with E-state index in [1.54, 1.807) is 4.68 Å². The van der Waals surface area contributed by atoms with Gasteiger partial charge in [0.2, 0.25) is 0 Å². The minimum Gasteiger partial charge on any atom is -0.256 e. The predicted molar refractivity (Wildman–Crippen MR) is 68.3 cm³/mol. The van der Waals surface area contributed by atoms with Crippen molar-refractivity contribution in [3.63, 3.8) is 0 Å². The lowest BCUT2D eigenvalue weighted by atomic mass is 10.1. The fourth-order valence-electron chi connectivity index (χ4n) is 1.58. The first-order valence-corrected chi connectivity index (χ1v) is 5.48. The molecule has 1 heterocycles. The lowest BCUT2D eigenvalue weighted by molar-refractivity contribution is 0.757. The monoisotopic (exact) mass is 232 g/mol. The van der Waals surface area contributed by atoms with Gasteiger partial charge in [0.25, 0.3) is 0 Å². The van der Waals surface area contributed by atoms with E-state index in [-0.39, 0.29) is 0 Å². The SMILES string of the molecule is Cc1nn(C)c(Cl)c1/C=C/c1ccccc1. The first kappa shape index (κ1) is 11.0. The van der Waals surface area contributed by atoms with Crippen LogP contribution in [0.2, 0.25) is 5.15 Å². The van der Waals surface area contributed by atoms with Gasteiger partial charge in [0.1, 0.15) is 5.15 Å². The highest BCUT2D eigenvalue weighted by atomic mass is 35.5. The van der Waals surface area contributed by atoms with E-state index in [2.05, 4.69) is 17.2 Å². The average Bonchev–Trinajstić information content (AvgIpc) is 2.53. The normalized spacial score (nSPS) is 11.2. The lowest BCUT2D eigenvalue weighted by Crippen LogP contribution is -1.88. The summed E-state index contributed by atoms with van der Waals surface area (Å²) < 4.78 is 1.68. The number of benzene rings is 1. The number of hydrogen-bond acceptors (Lipinski definition) is 1. The van der Waals surface area contributed by atoms with Crippen LogP contribution < -0.4 is 0 Å². The van der Waals surface area contributed by atoms with Crippen molar-refractivity contribution in [3.8, 4) is 0 Å². The predicted octanol–water partition coefficient (Wildman–Crippen LogP) is 3.55. The zero-order valence-electron chi connectivity index (χ0n) is 9.31. The molecule has 2 rings (SSSR count). The topological polar surface area (TPSA) is 17.8 Å². The van der Waals surface area contributed by atoms with Gasteiger partial charge in [-0.2, -0.15) is 5.10 Å². The van der Waals surface area contributed by atoms with E-state index in [1.165, 1.54) is 0 Å². The Balaban J connectivity index is 2.31. The second-order valence-corrected chi connectivity index (χ2v) is 4.02. The molecule has 2 nitrogen and oxygen atoms in total. The summed E-state index contributed by atoms with van der Waals surface area (Å²) in [5.41, 5.74) is 3.08. The van der Waals surface area contributed by atoms with Crippen LogP contribution in [0, 0.1) is 6.92 Å². The van der Waals surface area contributed by atoms with Crippen LogP contribution in [-0.2, 0) is 7.05 Å². The van der Waals surface area contributed by atoms with Gasteiger partial charge in [0.05, 0.1) is 5.69 Å². The second kappa shape index (κ2) is 4.54. The molecule has 0 saturated heterocycles. The smallest absolute Gasteiger partial charge is 0.134 e. The number of aryl methyl sites for hydroxylation is 2. The maximum absolute atomic E-state index is 6.13. The van der Waals surface area contributed by atoms with Crippen LogP contribution in [0.1, 0.15) is 16.8 Å². The summed E-state index contributed by atoms with van der Waals surface area (Å²) in [5, 5.41) is 4.93. The van der Waals surface area contributed by atoms with Crippen molar-refractivity contribution in [3.05, 3.63) is 52.3 Å². The molecule has 0 bridgehead atoms. The summed E-state index contributed by atoms with van der Waals surface area (Å²) in [4.78, 5) is 0. The molecular weight excluding hydrogens is 220 g/mol. The molecule has 82 valence electrons. The molecule has 0 spiro atoms. The van der Waals surface area contributed by atoms with E-state index in [0.717, 1.165) is 16.8 Å². The van der Waals surface area contributed by atoms with Gasteiger partial charge < -0.3 is 0 Å². The van der Waals surface area contributed by atoms with Gasteiger partial charge in [-0.3, -0.25) is 4.68 Å². The molecule has 0 aliphatic heterocycles. The Bertz CT molecular complexity index is 512. The summed E-state index contributed by atoms with van der Waals surface area (Å²) in [5.74, 6) is 0. The van der Waals surface area contributed by atoms with E-state index < -0.39 is 0 Å². The summed E-state index contributed by atoms with van der Waals surface area (Å²) in [6.45, 7) is 1.95. The Kier molecular flexibility index (Phi) is 3.11. The summed E-state index contributed by atoms with van der Waals surface area (Å²) >= 11 is 6.13. The summed E-state index contributed by atoms with van der Waals surface area (Å²) in [7, 11) is 1.84. The Morgan fingerprint density at radius 2 is 1.88 bits per heavy atom. The molecule has 16 heavy (non-hydrogen) atoms. The van der Waals surface area contributed by atoms with Crippen molar-refractivity contribution in [1.82, 2.24) is 9.78 Å². The van der Waals surface area contributed by atoms with E-state index in [0.29, 0.717) is 5.15 Å². The average molecular weight is 233 g/mol. The quantitative estimate of drug-likeness (QED) is 0.774. The minimum atomic E-state index is 0.671. The van der Waals surface area contributed by atoms with Crippen LogP contribution in [0.15, 0.2) is 30.3 Å². The van der Waals surface area contributed by atoms with Crippen LogP contribution in [0.5, 0.6) is 0 Å². The van der Waals surface area contributed by atoms with Crippen molar-refractivity contribution in [2.24, 2.45) is 7.05 Å². The van der Waals surface area contributed by atoms with Gasteiger partial charge in [-0.15, -0.1) is 0 Å². The molecule has 0 aliphatic carbocycles. The van der Waals surface area contributed by atoms with Gasteiger partial charge in [-0.25, -0.2) is 0 Å². The fourth-order valence-corrected chi connectivity index (χ4v) is 1.82. The second-order valence-electron chi connectivity index (χ2n) is 3.66. The largest absolute Gasteiger partial charge is 0.256 e. The third-order valence-electron chi connectivity index (χ3n) is 2.44. The van der Waals surface area contributed by atoms with Crippen LogP contribution in [0.3, 0.4) is 0 Å². The van der Waals surface area contributed by atoms with Crippen LogP contribution in [-0.4, -0.2) is 9.78 Å². The molecule has 0 atom stereocenters. The number of halogens is 1. The van der Waals surface area contributed by atoms with Crippen LogP contribution >= 0.6 is 11.6 Å². The van der Waals surface area contributed by atoms with Gasteiger partial charge in [0.15, 0.2) is 0 Å². The molecule has 1 aromatic heterocycles. The summed E-state index contributed by atoms with van der Waals surface area (Å²) in [6.07, 6.45) is 4.04. The summed E-state index contributed by atoms with van der Waals surface area (Å²) in [6, 6.07) is 10.1. The number of rotatable bonds is 2. The molecule has 0 saturated carbocycles. The molecule has 0 N–H and O–H groups in total. The van der Waals surface area contributed by atoms with Crippen molar-refractivity contribution < 1.29 is 0 Å². The maximum atomic E-state index is 6.13. The van der Waals surface area contributed by atoms with Crippen molar-refractivity contribution in [2.45, 2.75) is 6.92 Å². The molecular formula is C13H13ClN2. The van der Waals surface area contributed by atoms with Gasteiger partial charge >= 0.3 is 0 Å². The van der Waals surface area contributed by atoms with Gasteiger partial charge in [-0.1, -0.05) is 48.0 Å². The van der Waals surface area contributed by atoms with Gasteiger partial charge in [-0.05, 0) is 18.6 Å². The van der Waals surface area contributed by atoms with E-state index in [1.807, 2.05) is 44.3 Å². The highest BCUT2D eigenvalue weighted by Gasteiger charge is 2.07. The van der Waals surface area contributed by atoms with Crippen LogP contribution in [0.25, 0.3) is 12.2 Å². The molecule has 0 aliphatic rings. The van der Waals surface area contributed by atoms with E-state index in [4.69, 9.17) is 11.6 Å². The molecule has 3 heteroatoms. The fraction of sp³-hybridized carbons (Fsp3) is 0.154. The molecule has 0 unspecified atom stereocenters. The molecule has 0 fully saturated rings. The molecule has 1 aromatic carbocycles. The van der Waals surface area contributed by atoms with E-state index in [9.17, 15) is 0 Å². The van der Waals surface area contributed by atoms with Crippen LogP contribution in [0.4, 0.5) is 0 Å². The molecule has 0 radical (unpaired) electrons. The van der Waals surface area contributed by atoms with Crippen molar-refractivity contribution >= 4 is 23.8 Å². The number of nitrogens with zero attached hydrogens (tertiary/aromatic N) is 2. The lowest BCUT2D eigenvalue weighted by Gasteiger charge is -1.93.